The summed E-state index contributed by atoms with van der Waals surface area (Å²) in [6, 6.07) is -23.8. The maximum atomic E-state index is 9.69. The Morgan fingerprint density at radius 2 is 0.875 bits per heavy atom. The van der Waals surface area contributed by atoms with Crippen LogP contribution in [0.15, 0.2) is 139 Å². The van der Waals surface area contributed by atoms with E-state index in [-0.39, 0.29) is 5.56 Å². The maximum absolute atomic E-state index is 9.69. The fourth-order valence-electron chi connectivity index (χ4n) is 3.28. The first-order valence-electron chi connectivity index (χ1n) is 20.8. The maximum Gasteiger partial charge on any atom is 0.179 e. The van der Waals surface area contributed by atoms with Crippen molar-refractivity contribution >= 4 is 28.8 Å². The first-order valence-corrected chi connectivity index (χ1v) is 11.2. The Morgan fingerprint density at radius 1 is 0.438 bits per heavy atom. The summed E-state index contributed by atoms with van der Waals surface area (Å²) in [7, 11) is -6.01. The molecule has 0 aliphatic carbocycles. The third-order valence-electron chi connectivity index (χ3n) is 4.62. The largest absolute Gasteiger partial charge is 0.179 e. The lowest BCUT2D eigenvalue weighted by Gasteiger charge is -2.35. The van der Waals surface area contributed by atoms with Crippen molar-refractivity contribution < 1.29 is 31.5 Å². The molecule has 32 heavy (non-hydrogen) atoms. The molecule has 0 aromatic heterocycles. The van der Waals surface area contributed by atoms with Gasteiger partial charge in [0.05, 0.1) is 31.5 Å². The molecule has 0 nitrogen and oxygen atoms in total. The summed E-state index contributed by atoms with van der Waals surface area (Å²) < 4.78 is 202. The lowest BCUT2D eigenvalue weighted by atomic mass is 10.1. The van der Waals surface area contributed by atoms with Gasteiger partial charge in [0.15, 0.2) is 8.07 Å². The van der Waals surface area contributed by atoms with Crippen LogP contribution in [-0.4, -0.2) is 8.07 Å². The Labute approximate surface area is 224 Å². The van der Waals surface area contributed by atoms with Crippen molar-refractivity contribution in [2.24, 2.45) is 0 Å². The predicted octanol–water partition coefficient (Wildman–Crippen LogP) is 5.04. The molecule has 0 atom stereocenters. The van der Waals surface area contributed by atoms with Gasteiger partial charge < -0.3 is 0 Å². The molecule has 0 N–H and O–H groups in total. The van der Waals surface area contributed by atoms with Crippen LogP contribution < -0.4 is 20.7 Å². The summed E-state index contributed by atoms with van der Waals surface area (Å²) >= 11 is 0. The number of rotatable bonds is 5. The van der Waals surface area contributed by atoms with Crippen molar-refractivity contribution in [3.63, 3.8) is 0 Å². The molecule has 0 aliphatic heterocycles. The number of benzene rings is 5. The van der Waals surface area contributed by atoms with E-state index < -0.39 is 179 Å². The monoisotopic (exact) mass is 449 g/mol. The van der Waals surface area contributed by atoms with E-state index in [4.69, 9.17) is 20.6 Å². The minimum Gasteiger partial charge on any atom is -0.0623 e. The topological polar surface area (TPSA) is 0 Å². The van der Waals surface area contributed by atoms with Crippen LogP contribution in [0.25, 0.3) is 11.1 Å². The quantitative estimate of drug-likeness (QED) is 0.260. The Morgan fingerprint density at radius 3 is 1.47 bits per heavy atom. The van der Waals surface area contributed by atoms with Crippen molar-refractivity contribution in [1.82, 2.24) is 0 Å². The van der Waals surface area contributed by atoms with Gasteiger partial charge in [0.25, 0.3) is 0 Å². The highest BCUT2D eigenvalue weighted by Crippen LogP contribution is 2.19. The fraction of sp³-hybridized carbons (Fsp3) is 0.0323. The molecule has 0 radical (unpaired) electrons. The number of hydrogen-bond donors (Lipinski definition) is 0. The molecule has 5 aromatic rings. The van der Waals surface area contributed by atoms with E-state index in [1.165, 1.54) is 0 Å². The fourth-order valence-corrected chi connectivity index (χ4v) is 6.97. The Bertz CT molecular complexity index is 2260. The first kappa shape index (κ1) is 6.91. The van der Waals surface area contributed by atoms with Crippen LogP contribution in [0.2, 0.25) is 0 Å². The molecule has 0 bridgehead atoms. The minimum absolute atomic E-state index is 0.375. The van der Waals surface area contributed by atoms with E-state index in [0.29, 0.717) is 0 Å². The lowest BCUT2D eigenvalue weighted by molar-refractivity contribution is 1.49. The molecule has 0 saturated carbocycles. The SMILES string of the molecule is [2H]c1c([2H])c([2H])c(-c2c([2H])c([2H])c([2H])c([Si](c3c([2H])c([2H])c([2H])c([2H])c3[2H])(c3c([2H])c([2H])c([2H])c([2H])c3[2H])c3c([2H])c([2H])c([2H])c(C)c3[2H])c2[2H])c([2H])c1[2H]. The third kappa shape index (κ3) is 3.61. The zero-order valence-electron chi connectivity index (χ0n) is 39.5. The van der Waals surface area contributed by atoms with Gasteiger partial charge in [-0.3, -0.25) is 0 Å². The summed E-state index contributed by atoms with van der Waals surface area (Å²) in [4.78, 5) is 0. The van der Waals surface area contributed by atoms with Crippen molar-refractivity contribution in [3.05, 3.63) is 145 Å². The van der Waals surface area contributed by atoms with Gasteiger partial charge in [0.2, 0.25) is 0 Å². The third-order valence-corrected chi connectivity index (χ3v) is 8.62. The van der Waals surface area contributed by atoms with E-state index in [2.05, 4.69) is 0 Å². The molecular weight excluding hydrogens is 400 g/mol. The van der Waals surface area contributed by atoms with Gasteiger partial charge in [-0.1, -0.05) is 145 Å². The highest BCUT2D eigenvalue weighted by atomic mass is 28.3. The molecule has 5 aromatic carbocycles. The second-order valence-electron chi connectivity index (χ2n) is 6.50. The van der Waals surface area contributed by atoms with E-state index in [9.17, 15) is 11.0 Å². The average Bonchev–Trinajstić information content (AvgIpc) is 3.15. The van der Waals surface area contributed by atoms with Gasteiger partial charge in [-0.2, -0.15) is 0 Å². The minimum atomic E-state index is -6.01. The molecule has 0 fully saturated rings. The van der Waals surface area contributed by atoms with Gasteiger partial charge in [-0.05, 0) is 38.8 Å². The van der Waals surface area contributed by atoms with Crippen molar-refractivity contribution in [2.45, 2.75) is 6.92 Å². The van der Waals surface area contributed by atoms with Crippen molar-refractivity contribution in [3.8, 4) is 11.1 Å². The van der Waals surface area contributed by atoms with Crippen molar-refractivity contribution in [2.75, 3.05) is 0 Å². The summed E-state index contributed by atoms with van der Waals surface area (Å²) in [5.41, 5.74) is -2.15. The van der Waals surface area contributed by atoms with Gasteiger partial charge in [-0.15, -0.1) is 0 Å². The summed E-state index contributed by atoms with van der Waals surface area (Å²) in [5, 5.41) is -3.87. The van der Waals surface area contributed by atoms with E-state index in [1.54, 1.807) is 0 Å². The number of hydrogen-bond acceptors (Lipinski definition) is 0. The van der Waals surface area contributed by atoms with E-state index >= 15 is 0 Å². The molecule has 0 aliphatic rings. The normalized spacial score (nSPS) is 21.3. The second-order valence-corrected chi connectivity index (χ2v) is 10.0. The summed E-state index contributed by atoms with van der Waals surface area (Å²) in [6.07, 6.45) is 0. The van der Waals surface area contributed by atoms with Crippen molar-refractivity contribution in [1.29, 1.82) is 0 Å². The van der Waals surface area contributed by atoms with Crippen LogP contribution in [0.4, 0.5) is 0 Å². The molecule has 154 valence electrons. The average molecular weight is 450 g/mol. The smallest absolute Gasteiger partial charge is 0.0623 e. The van der Waals surface area contributed by atoms with E-state index in [1.807, 2.05) is 0 Å². The Balaban J connectivity index is 2.39. The van der Waals surface area contributed by atoms with Gasteiger partial charge >= 0.3 is 0 Å². The molecule has 0 heterocycles. The van der Waals surface area contributed by atoms with Gasteiger partial charge in [-0.25, -0.2) is 0 Å². The highest BCUT2D eigenvalue weighted by Gasteiger charge is 2.41. The van der Waals surface area contributed by atoms with Crippen LogP contribution >= 0.6 is 0 Å². The Kier molecular flexibility index (Phi) is 1.90. The molecule has 0 spiro atoms. The van der Waals surface area contributed by atoms with Gasteiger partial charge in [0, 0.05) is 0 Å². The van der Waals surface area contributed by atoms with Crippen LogP contribution in [0, 0.1) is 6.92 Å². The first-order chi connectivity index (χ1) is 25.3. The van der Waals surface area contributed by atoms with Crippen LogP contribution in [0.5, 0.6) is 0 Å². The zero-order chi connectivity index (χ0) is 41.8. The highest BCUT2D eigenvalue weighted by molar-refractivity contribution is 7.19. The van der Waals surface area contributed by atoms with Crippen LogP contribution in [0.3, 0.4) is 0 Å². The summed E-state index contributed by atoms with van der Waals surface area (Å²) in [6.45, 7) is 1.15. The molecular formula is C31H26Si. The molecule has 0 unspecified atom stereocenters. The second kappa shape index (κ2) is 8.82. The van der Waals surface area contributed by atoms with E-state index in [0.717, 1.165) is 6.92 Å². The van der Waals surface area contributed by atoms with Crippen LogP contribution in [0.1, 0.15) is 37.1 Å². The standard InChI is InChI=1S/C31H26Si/c1-25-13-11-21-30(23-25)32(28-17-7-3-8-18-28,29-19-9-4-10-20-29)31-22-12-16-27(24-31)26-14-5-2-6-15-26/h2-24H,1H3/i2D,3D,4D,5D,6D,7D,8D,9D,10D,11D,12D,13D,14D,15D,16D,17D,18D,19D,20D,21D,22D,23D,24D. The zero-order valence-corrected chi connectivity index (χ0v) is 17.5. The summed E-state index contributed by atoms with van der Waals surface area (Å²) in [5.74, 6) is 0. The molecule has 5 rings (SSSR count). The molecule has 0 saturated heterocycles. The van der Waals surface area contributed by atoms with Gasteiger partial charge in [0.1, 0.15) is 0 Å². The van der Waals surface area contributed by atoms with Crippen LogP contribution in [-0.2, 0) is 0 Å². The Hall–Kier alpha value is -3.68. The lowest BCUT2D eigenvalue weighted by Crippen LogP contribution is -2.74. The predicted molar refractivity (Wildman–Crippen MR) is 140 cm³/mol. The molecule has 0 amide bonds. The molecule has 1 heteroatoms.